The maximum Gasteiger partial charge on any atom is 0.305 e. The van der Waals surface area contributed by atoms with Gasteiger partial charge < -0.3 is 14.6 Å². The van der Waals surface area contributed by atoms with Crippen LogP contribution < -0.4 is 4.74 Å². The number of aliphatic carboxylic acids is 1. The predicted molar refractivity (Wildman–Crippen MR) is 101 cm³/mol. The van der Waals surface area contributed by atoms with Crippen LogP contribution in [0.3, 0.4) is 0 Å². The monoisotopic (exact) mass is 394 g/mol. The Morgan fingerprint density at radius 2 is 2.04 bits per heavy atom. The SMILES string of the molecule is O=C(O)CCOC1CCc2cc(OCc3cccc(Cl)c3Cl)ccc2C1. The number of hydrogen-bond acceptors (Lipinski definition) is 3. The second-order valence-electron chi connectivity index (χ2n) is 6.31. The van der Waals surface area contributed by atoms with Crippen molar-refractivity contribution in [1.82, 2.24) is 0 Å². The topological polar surface area (TPSA) is 55.8 Å². The number of halogens is 2. The van der Waals surface area contributed by atoms with Gasteiger partial charge in [-0.3, -0.25) is 4.79 Å². The molecule has 3 rings (SSSR count). The molecule has 26 heavy (non-hydrogen) atoms. The summed E-state index contributed by atoms with van der Waals surface area (Å²) in [6, 6.07) is 11.5. The Morgan fingerprint density at radius 3 is 2.85 bits per heavy atom. The van der Waals surface area contributed by atoms with Gasteiger partial charge in [0, 0.05) is 5.56 Å². The average molecular weight is 395 g/mol. The maximum atomic E-state index is 10.6. The van der Waals surface area contributed by atoms with Gasteiger partial charge in [-0.25, -0.2) is 0 Å². The highest BCUT2D eigenvalue weighted by Gasteiger charge is 2.20. The molecule has 1 atom stereocenters. The van der Waals surface area contributed by atoms with Gasteiger partial charge in [0.25, 0.3) is 0 Å². The maximum absolute atomic E-state index is 10.6. The van der Waals surface area contributed by atoms with E-state index < -0.39 is 5.97 Å². The van der Waals surface area contributed by atoms with Crippen LogP contribution in [0.15, 0.2) is 36.4 Å². The molecule has 4 nitrogen and oxygen atoms in total. The Labute approximate surface area is 162 Å². The standard InChI is InChI=1S/C20H20Cl2O4/c21-18-3-1-2-15(20(18)22)12-26-17-7-5-13-10-16(6-4-14(13)11-17)25-9-8-19(23)24/h1-3,5,7,11,16H,4,6,8-10,12H2,(H,23,24). The molecular formula is C20H20Cl2O4. The van der Waals surface area contributed by atoms with Crippen molar-refractivity contribution in [3.05, 3.63) is 63.1 Å². The van der Waals surface area contributed by atoms with Crippen LogP contribution in [0, 0.1) is 0 Å². The number of fused-ring (bicyclic) bond motifs is 1. The molecule has 138 valence electrons. The smallest absolute Gasteiger partial charge is 0.305 e. The first-order valence-corrected chi connectivity index (χ1v) is 9.29. The van der Waals surface area contributed by atoms with Crippen LogP contribution in [0.4, 0.5) is 0 Å². The molecule has 0 aromatic heterocycles. The molecule has 0 spiro atoms. The molecule has 1 N–H and O–H groups in total. The predicted octanol–water partition coefficient (Wildman–Crippen LogP) is 4.92. The van der Waals surface area contributed by atoms with Crippen molar-refractivity contribution in [2.24, 2.45) is 0 Å². The lowest BCUT2D eigenvalue weighted by Gasteiger charge is -2.25. The fourth-order valence-electron chi connectivity index (χ4n) is 3.06. The summed E-state index contributed by atoms with van der Waals surface area (Å²) in [5.41, 5.74) is 3.33. The first kappa shape index (κ1) is 19.0. The van der Waals surface area contributed by atoms with E-state index in [2.05, 4.69) is 12.1 Å². The number of carbonyl (C=O) groups is 1. The van der Waals surface area contributed by atoms with Crippen molar-refractivity contribution in [2.45, 2.75) is 38.4 Å². The lowest BCUT2D eigenvalue weighted by molar-refractivity contribution is -0.138. The minimum Gasteiger partial charge on any atom is -0.489 e. The van der Waals surface area contributed by atoms with Crippen molar-refractivity contribution in [3.8, 4) is 5.75 Å². The van der Waals surface area contributed by atoms with Crippen LogP contribution in [0.1, 0.15) is 29.5 Å². The van der Waals surface area contributed by atoms with Crippen molar-refractivity contribution in [2.75, 3.05) is 6.61 Å². The summed E-state index contributed by atoms with van der Waals surface area (Å²) in [4.78, 5) is 10.6. The van der Waals surface area contributed by atoms with E-state index in [-0.39, 0.29) is 19.1 Å². The highest BCUT2D eigenvalue weighted by molar-refractivity contribution is 6.42. The van der Waals surface area contributed by atoms with E-state index in [0.717, 1.165) is 30.6 Å². The van der Waals surface area contributed by atoms with E-state index in [1.165, 1.54) is 11.1 Å². The summed E-state index contributed by atoms with van der Waals surface area (Å²) in [5, 5.41) is 9.73. The summed E-state index contributed by atoms with van der Waals surface area (Å²) in [6.45, 7) is 0.621. The molecular weight excluding hydrogens is 375 g/mol. The minimum atomic E-state index is -0.831. The molecule has 0 saturated heterocycles. The van der Waals surface area contributed by atoms with Gasteiger partial charge in [-0.2, -0.15) is 0 Å². The molecule has 1 aliphatic carbocycles. The van der Waals surface area contributed by atoms with Gasteiger partial charge in [-0.05, 0) is 48.6 Å². The summed E-state index contributed by atoms with van der Waals surface area (Å²) in [5.74, 6) is -0.0344. The lowest BCUT2D eigenvalue weighted by atomic mass is 9.89. The molecule has 0 amide bonds. The van der Waals surface area contributed by atoms with Gasteiger partial charge in [-0.1, -0.05) is 41.4 Å². The van der Waals surface area contributed by atoms with Gasteiger partial charge in [0.05, 0.1) is 29.2 Å². The van der Waals surface area contributed by atoms with E-state index in [9.17, 15) is 4.79 Å². The van der Waals surface area contributed by atoms with Crippen LogP contribution in [0.25, 0.3) is 0 Å². The second-order valence-corrected chi connectivity index (χ2v) is 7.10. The Kier molecular flexibility index (Phi) is 6.41. The number of hydrogen-bond donors (Lipinski definition) is 1. The largest absolute Gasteiger partial charge is 0.489 e. The zero-order valence-electron chi connectivity index (χ0n) is 14.2. The Hall–Kier alpha value is -1.75. The van der Waals surface area contributed by atoms with E-state index >= 15 is 0 Å². The molecule has 1 unspecified atom stereocenters. The Bertz CT molecular complexity index is 791. The molecule has 0 radical (unpaired) electrons. The van der Waals surface area contributed by atoms with Crippen molar-refractivity contribution in [1.29, 1.82) is 0 Å². The molecule has 0 bridgehead atoms. The zero-order valence-corrected chi connectivity index (χ0v) is 15.7. The Morgan fingerprint density at radius 1 is 1.19 bits per heavy atom. The van der Waals surface area contributed by atoms with Gasteiger partial charge in [0.1, 0.15) is 12.4 Å². The molecule has 0 saturated carbocycles. The van der Waals surface area contributed by atoms with E-state index in [4.69, 9.17) is 37.8 Å². The molecule has 2 aromatic carbocycles. The number of carboxylic acids is 1. The fraction of sp³-hybridized carbons (Fsp3) is 0.350. The normalized spacial score (nSPS) is 16.2. The molecule has 0 fully saturated rings. The van der Waals surface area contributed by atoms with Gasteiger partial charge in [-0.15, -0.1) is 0 Å². The number of aryl methyl sites for hydroxylation is 1. The lowest BCUT2D eigenvalue weighted by Crippen LogP contribution is -2.23. The second kappa shape index (κ2) is 8.76. The molecule has 6 heteroatoms. The molecule has 2 aromatic rings. The number of carboxylic acid groups (broad SMARTS) is 1. The van der Waals surface area contributed by atoms with Crippen LogP contribution >= 0.6 is 23.2 Å². The number of rotatable bonds is 7. The van der Waals surface area contributed by atoms with Gasteiger partial charge in [0.15, 0.2) is 0 Å². The van der Waals surface area contributed by atoms with Crippen molar-refractivity contribution >= 4 is 29.2 Å². The van der Waals surface area contributed by atoms with Gasteiger partial charge in [0.2, 0.25) is 0 Å². The third-order valence-electron chi connectivity index (χ3n) is 4.46. The highest BCUT2D eigenvalue weighted by atomic mass is 35.5. The highest BCUT2D eigenvalue weighted by Crippen LogP contribution is 2.29. The van der Waals surface area contributed by atoms with Crippen LogP contribution in [0.2, 0.25) is 10.0 Å². The number of ether oxygens (including phenoxy) is 2. The zero-order chi connectivity index (χ0) is 18.5. The first-order valence-electron chi connectivity index (χ1n) is 8.54. The summed E-state index contributed by atoms with van der Waals surface area (Å²) >= 11 is 12.2. The van der Waals surface area contributed by atoms with Crippen LogP contribution in [0.5, 0.6) is 5.75 Å². The summed E-state index contributed by atoms with van der Waals surface area (Å²) in [7, 11) is 0. The minimum absolute atomic E-state index is 0.0438. The Balaban J connectivity index is 1.58. The quantitative estimate of drug-likeness (QED) is 0.723. The summed E-state index contributed by atoms with van der Waals surface area (Å²) in [6.07, 6.45) is 2.70. The van der Waals surface area contributed by atoms with E-state index in [1.54, 1.807) is 6.07 Å². The van der Waals surface area contributed by atoms with Crippen LogP contribution in [-0.4, -0.2) is 23.8 Å². The van der Waals surface area contributed by atoms with Crippen molar-refractivity contribution < 1.29 is 19.4 Å². The van der Waals surface area contributed by atoms with E-state index in [0.29, 0.717) is 16.7 Å². The van der Waals surface area contributed by atoms with E-state index in [1.807, 2.05) is 18.2 Å². The third-order valence-corrected chi connectivity index (χ3v) is 5.31. The first-order chi connectivity index (χ1) is 12.5. The van der Waals surface area contributed by atoms with Crippen molar-refractivity contribution in [3.63, 3.8) is 0 Å². The molecule has 0 heterocycles. The van der Waals surface area contributed by atoms with Crippen LogP contribution in [-0.2, 0) is 29.0 Å². The fourth-order valence-corrected chi connectivity index (χ4v) is 3.44. The number of benzene rings is 2. The third kappa shape index (κ3) is 4.91. The van der Waals surface area contributed by atoms with Gasteiger partial charge >= 0.3 is 5.97 Å². The average Bonchev–Trinajstić information content (AvgIpc) is 2.62. The molecule has 0 aliphatic heterocycles. The molecule has 1 aliphatic rings. The summed E-state index contributed by atoms with van der Waals surface area (Å²) < 4.78 is 11.5.